The van der Waals surface area contributed by atoms with E-state index >= 15 is 0 Å². The van der Waals surface area contributed by atoms with Crippen molar-refractivity contribution in [3.63, 3.8) is 0 Å². The highest BCUT2D eigenvalue weighted by Crippen LogP contribution is 2.38. The lowest BCUT2D eigenvalue weighted by Gasteiger charge is -2.15. The van der Waals surface area contributed by atoms with E-state index in [9.17, 15) is 0 Å². The van der Waals surface area contributed by atoms with Gasteiger partial charge in [-0.15, -0.1) is 34.2 Å². The maximum atomic E-state index is 5.45. The second-order valence-electron chi connectivity index (χ2n) is 7.11. The van der Waals surface area contributed by atoms with Crippen LogP contribution in [0.25, 0.3) is 0 Å². The van der Waals surface area contributed by atoms with E-state index in [1.54, 1.807) is 21.3 Å². The molecule has 0 saturated carbocycles. The Kier molecular flexibility index (Phi) is 10.2. The zero-order chi connectivity index (χ0) is 22.9. The van der Waals surface area contributed by atoms with Gasteiger partial charge >= 0.3 is 0 Å². The van der Waals surface area contributed by atoms with E-state index in [-0.39, 0.29) is 24.0 Å². The minimum Gasteiger partial charge on any atom is -0.493 e. The molecule has 2 N–H and O–H groups in total. The Morgan fingerprint density at radius 1 is 0.909 bits per heavy atom. The first-order valence-electron chi connectivity index (χ1n) is 10.3. The Morgan fingerprint density at radius 3 is 2.09 bits per heavy atom. The molecule has 0 aliphatic rings. The fourth-order valence-electron chi connectivity index (χ4n) is 3.12. The number of nitrogens with one attached hydrogen (secondary N) is 2. The maximum absolute atomic E-state index is 5.45. The molecule has 3 aromatic rings. The Bertz CT molecular complexity index is 1030. The molecule has 0 spiro atoms. The molecule has 0 saturated heterocycles. The average molecular weight is 566 g/mol. The van der Waals surface area contributed by atoms with Crippen LogP contribution in [0, 0.1) is 6.92 Å². The summed E-state index contributed by atoms with van der Waals surface area (Å²) in [5, 5.41) is 15.0. The first-order valence-corrected chi connectivity index (χ1v) is 10.3. The van der Waals surface area contributed by atoms with Gasteiger partial charge in [0.15, 0.2) is 23.3 Å². The van der Waals surface area contributed by atoms with Gasteiger partial charge in [0.2, 0.25) is 5.75 Å². The van der Waals surface area contributed by atoms with Gasteiger partial charge in [-0.05, 0) is 30.2 Å². The number of rotatable bonds is 9. The lowest BCUT2D eigenvalue weighted by atomic mass is 10.2. The SMILES string of the molecule is COc1cc(CN=C(NCc2ccccc2)NCc2nnc(C)n2C)cc(OC)c1OC.I. The Hall–Kier alpha value is -3.02. The first kappa shape index (κ1) is 26.2. The molecular formula is C23H31IN6O3. The summed E-state index contributed by atoms with van der Waals surface area (Å²) >= 11 is 0. The molecule has 9 nitrogen and oxygen atoms in total. The number of hydrogen-bond acceptors (Lipinski definition) is 6. The highest BCUT2D eigenvalue weighted by molar-refractivity contribution is 14.0. The molecule has 0 amide bonds. The van der Waals surface area contributed by atoms with E-state index in [0.717, 1.165) is 22.8 Å². The molecule has 33 heavy (non-hydrogen) atoms. The van der Waals surface area contributed by atoms with Crippen LogP contribution in [0.4, 0.5) is 0 Å². The third-order valence-electron chi connectivity index (χ3n) is 5.04. The number of hydrogen-bond donors (Lipinski definition) is 2. The Labute approximate surface area is 211 Å². The van der Waals surface area contributed by atoms with E-state index in [1.165, 1.54) is 0 Å². The van der Waals surface area contributed by atoms with Crippen LogP contribution in [-0.2, 0) is 26.7 Å². The van der Waals surface area contributed by atoms with Gasteiger partial charge in [-0.2, -0.15) is 0 Å². The third-order valence-corrected chi connectivity index (χ3v) is 5.04. The van der Waals surface area contributed by atoms with E-state index in [1.807, 2.05) is 48.9 Å². The maximum Gasteiger partial charge on any atom is 0.203 e. The van der Waals surface area contributed by atoms with Crippen LogP contribution in [0.5, 0.6) is 17.2 Å². The van der Waals surface area contributed by atoms with Gasteiger partial charge in [0.1, 0.15) is 5.82 Å². The number of aliphatic imine (C=N–C) groups is 1. The van der Waals surface area contributed by atoms with Crippen LogP contribution >= 0.6 is 24.0 Å². The van der Waals surface area contributed by atoms with Crippen molar-refractivity contribution >= 4 is 29.9 Å². The predicted molar refractivity (Wildman–Crippen MR) is 139 cm³/mol. The molecule has 0 radical (unpaired) electrons. The molecule has 0 fully saturated rings. The summed E-state index contributed by atoms with van der Waals surface area (Å²) in [4.78, 5) is 4.75. The summed E-state index contributed by atoms with van der Waals surface area (Å²) in [7, 11) is 6.72. The number of nitrogens with zero attached hydrogens (tertiary/aromatic N) is 4. The number of ether oxygens (including phenoxy) is 3. The predicted octanol–water partition coefficient (Wildman–Crippen LogP) is 3.20. The Morgan fingerprint density at radius 2 is 1.55 bits per heavy atom. The lowest BCUT2D eigenvalue weighted by Crippen LogP contribution is -2.37. The normalized spacial score (nSPS) is 10.9. The molecule has 3 rings (SSSR count). The van der Waals surface area contributed by atoms with Crippen LogP contribution in [0.3, 0.4) is 0 Å². The van der Waals surface area contributed by atoms with Crippen molar-refractivity contribution in [2.45, 2.75) is 26.6 Å². The average Bonchev–Trinajstić information content (AvgIpc) is 3.15. The molecule has 0 bridgehead atoms. The number of halogens is 1. The van der Waals surface area contributed by atoms with Crippen LogP contribution in [-0.4, -0.2) is 42.1 Å². The van der Waals surface area contributed by atoms with Gasteiger partial charge in [-0.25, -0.2) is 4.99 Å². The van der Waals surface area contributed by atoms with Crippen molar-refractivity contribution in [1.29, 1.82) is 0 Å². The summed E-state index contributed by atoms with van der Waals surface area (Å²) < 4.78 is 18.2. The van der Waals surface area contributed by atoms with E-state index in [0.29, 0.717) is 42.8 Å². The van der Waals surface area contributed by atoms with Crippen molar-refractivity contribution < 1.29 is 14.2 Å². The number of aromatic nitrogens is 3. The molecule has 178 valence electrons. The molecule has 0 aliphatic carbocycles. The number of benzene rings is 2. The van der Waals surface area contributed by atoms with Gasteiger partial charge in [0, 0.05) is 13.6 Å². The zero-order valence-electron chi connectivity index (χ0n) is 19.6. The molecule has 0 unspecified atom stereocenters. The highest BCUT2D eigenvalue weighted by Gasteiger charge is 2.13. The summed E-state index contributed by atoms with van der Waals surface area (Å²) in [5.74, 6) is 4.08. The topological polar surface area (TPSA) is 94.8 Å². The van der Waals surface area contributed by atoms with E-state index in [4.69, 9.17) is 19.2 Å². The summed E-state index contributed by atoms with van der Waals surface area (Å²) in [6.45, 7) is 3.47. The minimum atomic E-state index is 0. The van der Waals surface area contributed by atoms with Gasteiger partial charge in [0.05, 0.1) is 34.4 Å². The first-order chi connectivity index (χ1) is 15.5. The second-order valence-corrected chi connectivity index (χ2v) is 7.11. The third kappa shape index (κ3) is 6.98. The van der Waals surface area contributed by atoms with Crippen molar-refractivity contribution in [2.24, 2.45) is 12.0 Å². The molecule has 2 aromatic carbocycles. The molecule has 0 aliphatic heterocycles. The smallest absolute Gasteiger partial charge is 0.203 e. The van der Waals surface area contributed by atoms with Crippen molar-refractivity contribution in [2.75, 3.05) is 21.3 Å². The lowest BCUT2D eigenvalue weighted by molar-refractivity contribution is 0.324. The van der Waals surface area contributed by atoms with Crippen molar-refractivity contribution in [3.05, 3.63) is 65.2 Å². The van der Waals surface area contributed by atoms with Crippen molar-refractivity contribution in [1.82, 2.24) is 25.4 Å². The quantitative estimate of drug-likeness (QED) is 0.234. The molecule has 1 aromatic heterocycles. The number of aryl methyl sites for hydroxylation is 1. The van der Waals surface area contributed by atoms with Crippen LogP contribution in [0.15, 0.2) is 47.5 Å². The summed E-state index contributed by atoms with van der Waals surface area (Å²) in [5.41, 5.74) is 2.08. The summed E-state index contributed by atoms with van der Waals surface area (Å²) in [6.07, 6.45) is 0. The molecular weight excluding hydrogens is 535 g/mol. The van der Waals surface area contributed by atoms with Gasteiger partial charge in [0.25, 0.3) is 0 Å². The minimum absolute atomic E-state index is 0. The van der Waals surface area contributed by atoms with Crippen LogP contribution in [0.2, 0.25) is 0 Å². The van der Waals surface area contributed by atoms with E-state index in [2.05, 4.69) is 33.0 Å². The fraction of sp³-hybridized carbons (Fsp3) is 0.348. The number of guanidine groups is 1. The van der Waals surface area contributed by atoms with E-state index < -0.39 is 0 Å². The molecule has 10 heteroatoms. The second kappa shape index (κ2) is 12.9. The molecule has 0 atom stereocenters. The van der Waals surface area contributed by atoms with Crippen LogP contribution in [0.1, 0.15) is 22.8 Å². The zero-order valence-corrected chi connectivity index (χ0v) is 21.9. The van der Waals surface area contributed by atoms with Gasteiger partial charge in [-0.1, -0.05) is 30.3 Å². The molecule has 1 heterocycles. The van der Waals surface area contributed by atoms with Crippen LogP contribution < -0.4 is 24.8 Å². The van der Waals surface area contributed by atoms with Crippen molar-refractivity contribution in [3.8, 4) is 17.2 Å². The van der Waals surface area contributed by atoms with Gasteiger partial charge < -0.3 is 29.4 Å². The summed E-state index contributed by atoms with van der Waals surface area (Å²) in [6, 6.07) is 13.9. The fourth-order valence-corrected chi connectivity index (χ4v) is 3.12. The Balaban J connectivity index is 0.00000385. The number of methoxy groups -OCH3 is 3. The van der Waals surface area contributed by atoms with Gasteiger partial charge in [-0.3, -0.25) is 0 Å². The monoisotopic (exact) mass is 566 g/mol. The standard InChI is InChI=1S/C23H30N6O3.HI/c1-16-27-28-21(29(16)2)15-26-23(24-13-17-9-7-6-8-10-17)25-14-18-11-19(30-3)22(32-5)20(12-18)31-4;/h6-12H,13-15H2,1-5H3,(H2,24,25,26);1H. The highest BCUT2D eigenvalue weighted by atomic mass is 127. The largest absolute Gasteiger partial charge is 0.493 e.